The van der Waals surface area contributed by atoms with Gasteiger partial charge < -0.3 is 10.6 Å². The molecule has 2 aromatic carbocycles. The summed E-state index contributed by atoms with van der Waals surface area (Å²) in [6, 6.07) is 14.1. The van der Waals surface area contributed by atoms with E-state index >= 15 is 0 Å². The van der Waals surface area contributed by atoms with Crippen LogP contribution < -0.4 is 10.6 Å². The number of hydrogen-bond donors (Lipinski definition) is 2. The molecule has 0 unspecified atom stereocenters. The van der Waals surface area contributed by atoms with E-state index in [4.69, 9.17) is 0 Å². The molecule has 0 bridgehead atoms. The quantitative estimate of drug-likeness (QED) is 0.712. The number of benzene rings is 2. The highest BCUT2D eigenvalue weighted by Crippen LogP contribution is 2.34. The summed E-state index contributed by atoms with van der Waals surface area (Å²) < 4.78 is 0. The first-order chi connectivity index (χ1) is 14.0. The minimum absolute atomic E-state index is 0.105. The molecule has 2 N–H and O–H groups in total. The lowest BCUT2D eigenvalue weighted by Crippen LogP contribution is -2.40. The lowest BCUT2D eigenvalue weighted by molar-refractivity contribution is -0.114. The van der Waals surface area contributed by atoms with Gasteiger partial charge in [0.2, 0.25) is 5.91 Å². The molecule has 0 spiro atoms. The molecule has 6 heteroatoms. The van der Waals surface area contributed by atoms with Gasteiger partial charge in [-0.1, -0.05) is 36.4 Å². The summed E-state index contributed by atoms with van der Waals surface area (Å²) in [6.07, 6.45) is 2.31. The Balaban J connectivity index is 1.72. The van der Waals surface area contributed by atoms with Gasteiger partial charge >= 0.3 is 0 Å². The van der Waals surface area contributed by atoms with Crippen LogP contribution in [0.15, 0.2) is 52.3 Å². The van der Waals surface area contributed by atoms with Crippen LogP contribution in [0.3, 0.4) is 0 Å². The van der Waals surface area contributed by atoms with E-state index in [0.29, 0.717) is 23.8 Å². The Morgan fingerprint density at radius 2 is 1.93 bits per heavy atom. The smallest absolute Gasteiger partial charge is 0.251 e. The lowest BCUT2D eigenvalue weighted by Gasteiger charge is -2.23. The highest BCUT2D eigenvalue weighted by molar-refractivity contribution is 7.99. The van der Waals surface area contributed by atoms with E-state index in [-0.39, 0.29) is 11.8 Å². The fourth-order valence-electron chi connectivity index (χ4n) is 3.64. The van der Waals surface area contributed by atoms with Gasteiger partial charge in [0.15, 0.2) is 0 Å². The predicted octanol–water partition coefficient (Wildman–Crippen LogP) is 4.32. The van der Waals surface area contributed by atoms with E-state index in [1.807, 2.05) is 12.1 Å². The molecule has 2 aromatic rings. The van der Waals surface area contributed by atoms with Gasteiger partial charge in [-0.05, 0) is 63.2 Å². The molecule has 1 aliphatic heterocycles. The van der Waals surface area contributed by atoms with E-state index in [9.17, 15) is 9.59 Å². The van der Waals surface area contributed by atoms with Crippen LogP contribution in [0.4, 0.5) is 5.69 Å². The number of anilines is 1. The topological polar surface area (TPSA) is 61.4 Å². The second kappa shape index (κ2) is 9.94. The maximum absolute atomic E-state index is 12.7. The van der Waals surface area contributed by atoms with Crippen molar-refractivity contribution in [3.63, 3.8) is 0 Å². The number of nitrogens with one attached hydrogen (secondary N) is 2. The van der Waals surface area contributed by atoms with E-state index in [0.717, 1.165) is 29.3 Å². The number of carbonyl (C=O) groups excluding carboxylic acids is 2. The predicted molar refractivity (Wildman–Crippen MR) is 119 cm³/mol. The molecular formula is C23H29N3O2S. The van der Waals surface area contributed by atoms with Crippen molar-refractivity contribution in [2.75, 3.05) is 25.0 Å². The molecule has 5 nitrogen and oxygen atoms in total. The molecule has 29 heavy (non-hydrogen) atoms. The zero-order chi connectivity index (χ0) is 20.8. The Kier molecular flexibility index (Phi) is 7.34. The third-order valence-electron chi connectivity index (χ3n) is 5.20. The van der Waals surface area contributed by atoms with Crippen molar-refractivity contribution in [2.24, 2.45) is 0 Å². The van der Waals surface area contributed by atoms with Crippen LogP contribution in [0.1, 0.15) is 42.6 Å². The van der Waals surface area contributed by atoms with Crippen molar-refractivity contribution in [3.8, 4) is 0 Å². The second-order valence-electron chi connectivity index (χ2n) is 7.44. The third-order valence-corrected chi connectivity index (χ3v) is 6.29. The van der Waals surface area contributed by atoms with E-state index in [1.54, 1.807) is 17.8 Å². The van der Waals surface area contributed by atoms with Crippen LogP contribution in [0.2, 0.25) is 0 Å². The van der Waals surface area contributed by atoms with Gasteiger partial charge in [0.25, 0.3) is 5.91 Å². The van der Waals surface area contributed by atoms with Crippen molar-refractivity contribution >= 4 is 29.3 Å². The first-order valence-electron chi connectivity index (χ1n) is 10.1. The summed E-state index contributed by atoms with van der Waals surface area (Å²) in [4.78, 5) is 28.8. The van der Waals surface area contributed by atoms with Crippen molar-refractivity contribution in [3.05, 3.63) is 53.6 Å². The van der Waals surface area contributed by atoms with E-state index in [1.165, 1.54) is 18.9 Å². The Hall–Kier alpha value is -2.31. The molecule has 2 amide bonds. The number of nitrogens with zero attached hydrogens (tertiary/aromatic N) is 1. The summed E-state index contributed by atoms with van der Waals surface area (Å²) in [6.45, 7) is 8.46. The van der Waals surface area contributed by atoms with Gasteiger partial charge in [0, 0.05) is 34.9 Å². The zero-order valence-corrected chi connectivity index (χ0v) is 18.1. The Morgan fingerprint density at radius 3 is 2.62 bits per heavy atom. The fraction of sp³-hybridized carbons (Fsp3) is 0.391. The summed E-state index contributed by atoms with van der Waals surface area (Å²) in [5.74, 6) is -0.260. The molecule has 1 atom stereocenters. The number of aryl methyl sites for hydroxylation is 1. The molecular weight excluding hydrogens is 382 g/mol. The number of likely N-dealkylation sites (tertiary alicyclic amines) is 1. The molecule has 1 aliphatic rings. The molecule has 1 saturated heterocycles. The number of amides is 2. The Morgan fingerprint density at radius 1 is 1.17 bits per heavy atom. The summed E-state index contributed by atoms with van der Waals surface area (Å²) >= 11 is 1.57. The van der Waals surface area contributed by atoms with Crippen molar-refractivity contribution in [2.45, 2.75) is 49.4 Å². The molecule has 0 radical (unpaired) electrons. The highest BCUT2D eigenvalue weighted by Gasteiger charge is 2.23. The average molecular weight is 412 g/mol. The molecule has 0 saturated carbocycles. The van der Waals surface area contributed by atoms with Crippen LogP contribution >= 0.6 is 11.8 Å². The first-order valence-corrected chi connectivity index (χ1v) is 11.0. The monoisotopic (exact) mass is 411 g/mol. The molecule has 1 fully saturated rings. The third kappa shape index (κ3) is 5.84. The van der Waals surface area contributed by atoms with E-state index in [2.05, 4.69) is 53.6 Å². The highest BCUT2D eigenvalue weighted by atomic mass is 32.2. The van der Waals surface area contributed by atoms with Crippen LogP contribution in [-0.2, 0) is 4.79 Å². The van der Waals surface area contributed by atoms with Crippen LogP contribution in [-0.4, -0.2) is 42.4 Å². The molecule has 0 aliphatic carbocycles. The maximum atomic E-state index is 12.7. The molecule has 3 rings (SSSR count). The lowest BCUT2D eigenvalue weighted by atomic mass is 10.1. The van der Waals surface area contributed by atoms with Crippen LogP contribution in [0.25, 0.3) is 0 Å². The van der Waals surface area contributed by atoms with E-state index < -0.39 is 0 Å². The van der Waals surface area contributed by atoms with Gasteiger partial charge in [-0.25, -0.2) is 0 Å². The van der Waals surface area contributed by atoms with Crippen LogP contribution in [0.5, 0.6) is 0 Å². The largest absolute Gasteiger partial charge is 0.350 e. The second-order valence-corrected chi connectivity index (χ2v) is 8.56. The van der Waals surface area contributed by atoms with Gasteiger partial charge in [0.1, 0.15) is 0 Å². The summed E-state index contributed by atoms with van der Waals surface area (Å²) in [5, 5.41) is 5.93. The van der Waals surface area contributed by atoms with Crippen molar-refractivity contribution < 1.29 is 9.59 Å². The average Bonchev–Trinajstić information content (AvgIpc) is 3.16. The molecule has 154 valence electrons. The van der Waals surface area contributed by atoms with Gasteiger partial charge in [-0.15, -0.1) is 0 Å². The standard InChI is InChI=1S/C23H29N3O2S/c1-4-26-13-5-6-19(26)15-24-23(28)18-9-12-22(21(14-18)25-17(3)27)29-20-10-7-16(2)8-11-20/h7-12,14,19H,4-6,13,15H2,1-3H3,(H,24,28)(H,25,27)/t19-/m0/s1. The van der Waals surface area contributed by atoms with Crippen LogP contribution in [0, 0.1) is 6.92 Å². The maximum Gasteiger partial charge on any atom is 0.251 e. The zero-order valence-electron chi connectivity index (χ0n) is 17.3. The first kappa shape index (κ1) is 21.4. The number of hydrogen-bond acceptors (Lipinski definition) is 4. The number of carbonyl (C=O) groups is 2. The van der Waals surface area contributed by atoms with Crippen molar-refractivity contribution in [1.29, 1.82) is 0 Å². The number of likely N-dealkylation sites (N-methyl/N-ethyl adjacent to an activating group) is 1. The fourth-order valence-corrected chi connectivity index (χ4v) is 4.52. The normalized spacial score (nSPS) is 16.6. The SMILES string of the molecule is CCN1CCC[C@H]1CNC(=O)c1ccc(Sc2ccc(C)cc2)c(NC(C)=O)c1. The minimum atomic E-state index is -0.155. The van der Waals surface area contributed by atoms with Crippen molar-refractivity contribution in [1.82, 2.24) is 10.2 Å². The summed E-state index contributed by atoms with van der Waals surface area (Å²) in [5.41, 5.74) is 2.42. The van der Waals surface area contributed by atoms with Gasteiger partial charge in [-0.3, -0.25) is 14.5 Å². The van der Waals surface area contributed by atoms with Gasteiger partial charge in [-0.2, -0.15) is 0 Å². The Bertz CT molecular complexity index is 867. The molecule has 1 heterocycles. The summed E-state index contributed by atoms with van der Waals surface area (Å²) in [7, 11) is 0. The molecule has 0 aromatic heterocycles. The Labute approximate surface area is 177 Å². The van der Waals surface area contributed by atoms with Gasteiger partial charge in [0.05, 0.1) is 5.69 Å². The minimum Gasteiger partial charge on any atom is -0.350 e. The number of rotatable bonds is 7.